The van der Waals surface area contributed by atoms with E-state index >= 15 is 0 Å². The van der Waals surface area contributed by atoms with E-state index in [0.29, 0.717) is 16.7 Å². The molecule has 108 valence electrons. The van der Waals surface area contributed by atoms with Gasteiger partial charge in [-0.2, -0.15) is 0 Å². The van der Waals surface area contributed by atoms with Gasteiger partial charge in [-0.15, -0.1) is 0 Å². The molecule has 0 atom stereocenters. The average Bonchev–Trinajstić information content (AvgIpc) is 2.45. The molecule has 20 heavy (non-hydrogen) atoms. The van der Waals surface area contributed by atoms with Crippen LogP contribution in [0.1, 0.15) is 45.4 Å². The SMILES string of the molecule is CCCCCCCCn1c(=S)[nH]c2ccccc2c1=O. The molecular formula is C16H22N2OS. The molecule has 4 heteroatoms. The molecule has 3 nitrogen and oxygen atoms in total. The molecular weight excluding hydrogens is 268 g/mol. The van der Waals surface area contributed by atoms with Gasteiger partial charge in [-0.05, 0) is 30.8 Å². The van der Waals surface area contributed by atoms with Gasteiger partial charge in [0, 0.05) is 6.54 Å². The average molecular weight is 290 g/mol. The van der Waals surface area contributed by atoms with Crippen LogP contribution in [-0.2, 0) is 6.54 Å². The Kier molecular flexibility index (Phi) is 5.53. The summed E-state index contributed by atoms with van der Waals surface area (Å²) >= 11 is 5.29. The Morgan fingerprint density at radius 3 is 2.60 bits per heavy atom. The minimum Gasteiger partial charge on any atom is -0.332 e. The zero-order valence-electron chi connectivity index (χ0n) is 12.0. The van der Waals surface area contributed by atoms with Crippen LogP contribution in [-0.4, -0.2) is 9.55 Å². The molecule has 0 saturated heterocycles. The third-order valence-electron chi connectivity index (χ3n) is 3.62. The Bertz CT molecular complexity index is 672. The van der Waals surface area contributed by atoms with Crippen LogP contribution >= 0.6 is 12.2 Å². The van der Waals surface area contributed by atoms with Crippen molar-refractivity contribution < 1.29 is 0 Å². The van der Waals surface area contributed by atoms with Crippen LogP contribution in [0.25, 0.3) is 10.9 Å². The van der Waals surface area contributed by atoms with Crippen molar-refractivity contribution in [2.45, 2.75) is 52.0 Å². The second kappa shape index (κ2) is 7.39. The van der Waals surface area contributed by atoms with E-state index in [2.05, 4.69) is 11.9 Å². The summed E-state index contributed by atoms with van der Waals surface area (Å²) in [6.07, 6.45) is 7.27. The Morgan fingerprint density at radius 1 is 1.10 bits per heavy atom. The quantitative estimate of drug-likeness (QED) is 0.605. The lowest BCUT2D eigenvalue weighted by atomic mass is 10.1. The van der Waals surface area contributed by atoms with Gasteiger partial charge in [0.2, 0.25) is 0 Å². The molecule has 0 aliphatic rings. The Balaban J connectivity index is 2.07. The Hall–Kier alpha value is -1.42. The first kappa shape index (κ1) is 15.0. The van der Waals surface area contributed by atoms with Crippen molar-refractivity contribution in [3.8, 4) is 0 Å². The predicted molar refractivity (Wildman–Crippen MR) is 86.8 cm³/mol. The number of hydrogen-bond acceptors (Lipinski definition) is 2. The maximum atomic E-state index is 12.4. The molecule has 2 rings (SSSR count). The van der Waals surface area contributed by atoms with E-state index in [0.717, 1.165) is 18.4 Å². The molecule has 0 amide bonds. The Morgan fingerprint density at radius 2 is 1.80 bits per heavy atom. The summed E-state index contributed by atoms with van der Waals surface area (Å²) in [7, 11) is 0. The minimum absolute atomic E-state index is 0.0258. The molecule has 0 unspecified atom stereocenters. The summed E-state index contributed by atoms with van der Waals surface area (Å²) in [6.45, 7) is 2.93. The molecule has 0 saturated carbocycles. The molecule has 0 bridgehead atoms. The highest BCUT2D eigenvalue weighted by Gasteiger charge is 2.04. The minimum atomic E-state index is 0.0258. The van der Waals surface area contributed by atoms with Crippen LogP contribution in [0, 0.1) is 4.77 Å². The number of nitrogens with zero attached hydrogens (tertiary/aromatic N) is 1. The second-order valence-corrected chi connectivity index (χ2v) is 5.59. The monoisotopic (exact) mass is 290 g/mol. The lowest BCUT2D eigenvalue weighted by Gasteiger charge is -2.08. The summed E-state index contributed by atoms with van der Waals surface area (Å²) in [5.74, 6) is 0. The fourth-order valence-corrected chi connectivity index (χ4v) is 2.74. The number of aromatic amines is 1. The van der Waals surface area contributed by atoms with Gasteiger partial charge in [0.25, 0.3) is 5.56 Å². The number of fused-ring (bicyclic) bond motifs is 1. The van der Waals surface area contributed by atoms with Crippen molar-refractivity contribution in [1.29, 1.82) is 0 Å². The van der Waals surface area contributed by atoms with E-state index < -0.39 is 0 Å². The third kappa shape index (κ3) is 3.57. The highest BCUT2D eigenvalue weighted by molar-refractivity contribution is 7.71. The molecule has 0 radical (unpaired) electrons. The van der Waals surface area contributed by atoms with Crippen molar-refractivity contribution in [1.82, 2.24) is 9.55 Å². The summed E-state index contributed by atoms with van der Waals surface area (Å²) in [6, 6.07) is 7.53. The van der Waals surface area contributed by atoms with E-state index in [4.69, 9.17) is 12.2 Å². The van der Waals surface area contributed by atoms with Gasteiger partial charge in [0.05, 0.1) is 10.9 Å². The van der Waals surface area contributed by atoms with Gasteiger partial charge in [0.1, 0.15) is 0 Å². The van der Waals surface area contributed by atoms with Crippen molar-refractivity contribution in [3.05, 3.63) is 39.4 Å². The van der Waals surface area contributed by atoms with Crippen molar-refractivity contribution in [2.24, 2.45) is 0 Å². The first-order valence-electron chi connectivity index (χ1n) is 7.46. The van der Waals surface area contributed by atoms with Crippen LogP contribution in [0.3, 0.4) is 0 Å². The summed E-state index contributed by atoms with van der Waals surface area (Å²) in [4.78, 5) is 15.5. The lowest BCUT2D eigenvalue weighted by Crippen LogP contribution is -2.22. The van der Waals surface area contributed by atoms with Crippen LogP contribution in [0.4, 0.5) is 0 Å². The molecule has 1 heterocycles. The van der Waals surface area contributed by atoms with Crippen molar-refractivity contribution in [3.63, 3.8) is 0 Å². The number of hydrogen-bond donors (Lipinski definition) is 1. The number of H-pyrrole nitrogens is 1. The fraction of sp³-hybridized carbons (Fsp3) is 0.500. The number of benzene rings is 1. The van der Waals surface area contributed by atoms with E-state index in [1.165, 1.54) is 25.7 Å². The van der Waals surface area contributed by atoms with Gasteiger partial charge >= 0.3 is 0 Å². The normalized spacial score (nSPS) is 11.1. The van der Waals surface area contributed by atoms with E-state index in [1.54, 1.807) is 4.57 Å². The predicted octanol–water partition coefficient (Wildman–Crippen LogP) is 4.42. The summed E-state index contributed by atoms with van der Waals surface area (Å²) in [5, 5.41) is 0.715. The molecule has 1 aromatic heterocycles. The van der Waals surface area contributed by atoms with E-state index in [1.807, 2.05) is 24.3 Å². The lowest BCUT2D eigenvalue weighted by molar-refractivity contribution is 0.544. The molecule has 0 spiro atoms. The van der Waals surface area contributed by atoms with Crippen LogP contribution < -0.4 is 5.56 Å². The van der Waals surface area contributed by atoms with Crippen LogP contribution in [0.2, 0.25) is 0 Å². The van der Waals surface area contributed by atoms with Gasteiger partial charge in [0.15, 0.2) is 4.77 Å². The van der Waals surface area contributed by atoms with Gasteiger partial charge in [-0.3, -0.25) is 9.36 Å². The zero-order valence-corrected chi connectivity index (χ0v) is 12.8. The topological polar surface area (TPSA) is 37.8 Å². The number of rotatable bonds is 7. The van der Waals surface area contributed by atoms with Crippen LogP contribution in [0.5, 0.6) is 0 Å². The molecule has 0 fully saturated rings. The highest BCUT2D eigenvalue weighted by Crippen LogP contribution is 2.08. The molecule has 0 aliphatic carbocycles. The zero-order chi connectivity index (χ0) is 14.4. The largest absolute Gasteiger partial charge is 0.332 e. The second-order valence-electron chi connectivity index (χ2n) is 5.20. The fourth-order valence-electron chi connectivity index (χ4n) is 2.45. The number of para-hydroxylation sites is 1. The maximum Gasteiger partial charge on any atom is 0.262 e. The first-order valence-corrected chi connectivity index (χ1v) is 7.86. The van der Waals surface area contributed by atoms with E-state index in [9.17, 15) is 4.79 Å². The van der Waals surface area contributed by atoms with Gasteiger partial charge in [-0.25, -0.2) is 0 Å². The smallest absolute Gasteiger partial charge is 0.262 e. The highest BCUT2D eigenvalue weighted by atomic mass is 32.1. The number of aromatic nitrogens is 2. The van der Waals surface area contributed by atoms with Gasteiger partial charge in [-0.1, -0.05) is 51.2 Å². The molecule has 1 aromatic carbocycles. The third-order valence-corrected chi connectivity index (χ3v) is 3.95. The van der Waals surface area contributed by atoms with Crippen molar-refractivity contribution >= 4 is 23.1 Å². The van der Waals surface area contributed by atoms with Crippen molar-refractivity contribution in [2.75, 3.05) is 0 Å². The van der Waals surface area contributed by atoms with E-state index in [-0.39, 0.29) is 5.56 Å². The maximum absolute atomic E-state index is 12.4. The molecule has 0 aliphatic heterocycles. The van der Waals surface area contributed by atoms with Crippen LogP contribution in [0.15, 0.2) is 29.1 Å². The van der Waals surface area contributed by atoms with Gasteiger partial charge < -0.3 is 4.98 Å². The summed E-state index contributed by atoms with van der Waals surface area (Å²) < 4.78 is 2.22. The molecule has 1 N–H and O–H groups in total. The number of unbranched alkanes of at least 4 members (excludes halogenated alkanes) is 5. The Labute approximate surface area is 124 Å². The summed E-state index contributed by atoms with van der Waals surface area (Å²) in [5.41, 5.74) is 0.847. The number of nitrogens with one attached hydrogen (secondary N) is 1. The first-order chi connectivity index (χ1) is 9.74. The standard InChI is InChI=1S/C16H22N2OS/c1-2-3-4-5-6-9-12-18-15(19)13-10-7-8-11-14(13)17-16(18)20/h7-8,10-11H,2-6,9,12H2,1H3,(H,17,20). The molecule has 2 aromatic rings.